The zero-order valence-electron chi connectivity index (χ0n) is 34.4. The first kappa shape index (κ1) is 35.6. The summed E-state index contributed by atoms with van der Waals surface area (Å²) in [5, 5.41) is 2.15. The van der Waals surface area contributed by atoms with Gasteiger partial charge in [0.05, 0.1) is 12.2 Å². The maximum absolute atomic E-state index is 7.89. The number of morpholine rings is 1. The molecule has 5 aliphatic rings. The molecule has 3 unspecified atom stereocenters. The highest BCUT2D eigenvalue weighted by Crippen LogP contribution is 2.72. The number of ether oxygens (including phenoxy) is 4. The summed E-state index contributed by atoms with van der Waals surface area (Å²) in [6.45, 7) is 16.3. The molecule has 5 heteroatoms. The lowest BCUT2D eigenvalue weighted by Crippen LogP contribution is -2.49. The van der Waals surface area contributed by atoms with Gasteiger partial charge in [-0.05, 0) is 107 Å². The Morgan fingerprint density at radius 1 is 0.621 bits per heavy atom. The van der Waals surface area contributed by atoms with E-state index < -0.39 is 5.60 Å². The van der Waals surface area contributed by atoms with E-state index >= 15 is 0 Å². The first-order chi connectivity index (χ1) is 28.0. The molecule has 6 aromatic carbocycles. The van der Waals surface area contributed by atoms with Gasteiger partial charge in [-0.3, -0.25) is 0 Å². The molecule has 0 aromatic heterocycles. The van der Waals surface area contributed by atoms with Crippen LogP contribution < -0.4 is 19.1 Å². The lowest BCUT2D eigenvalue weighted by Gasteiger charge is -2.53. The van der Waals surface area contributed by atoms with Gasteiger partial charge in [-0.1, -0.05) is 125 Å². The summed E-state index contributed by atoms with van der Waals surface area (Å²) in [6.07, 6.45) is 7.31. The SMILES string of the molecule is CC1CN(c2ccc(C3(c4ccccc4)C=Cc4c5c(c6cc7c(cc6c4O3)OCO7)-c3ccccc3-c3ccccc3C53C(C)(C)CCC3(C)C)cc2)CC(C)O1. The number of rotatable bonds is 3. The highest BCUT2D eigenvalue weighted by Gasteiger charge is 2.64. The summed E-state index contributed by atoms with van der Waals surface area (Å²) in [6, 6.07) is 42.4. The molecule has 2 aliphatic carbocycles. The number of nitrogens with zero attached hydrogens (tertiary/aromatic N) is 1. The number of fused-ring (bicyclic) bond motifs is 13. The van der Waals surface area contributed by atoms with E-state index in [0.29, 0.717) is 0 Å². The minimum Gasteiger partial charge on any atom is -0.472 e. The van der Waals surface area contributed by atoms with E-state index in [2.05, 4.69) is 174 Å². The Balaban J connectivity index is 1.24. The molecule has 3 aliphatic heterocycles. The summed E-state index contributed by atoms with van der Waals surface area (Å²) in [5.41, 5.74) is 10.8. The lowest BCUT2D eigenvalue weighted by molar-refractivity contribution is -0.00522. The van der Waals surface area contributed by atoms with Gasteiger partial charge in [0, 0.05) is 46.3 Å². The normalized spacial score (nSPS) is 24.1. The van der Waals surface area contributed by atoms with Crippen molar-refractivity contribution in [1.82, 2.24) is 0 Å². The van der Waals surface area contributed by atoms with E-state index in [4.69, 9.17) is 18.9 Å². The Morgan fingerprint density at radius 3 is 1.90 bits per heavy atom. The summed E-state index contributed by atoms with van der Waals surface area (Å²) >= 11 is 0. The van der Waals surface area contributed by atoms with Crippen LogP contribution >= 0.6 is 0 Å². The average molecular weight is 766 g/mol. The Hall–Kier alpha value is -5.52. The van der Waals surface area contributed by atoms with Crippen LogP contribution in [0, 0.1) is 10.8 Å². The fourth-order valence-electron chi connectivity index (χ4n) is 12.1. The minimum atomic E-state index is -0.898. The van der Waals surface area contributed by atoms with Crippen LogP contribution in [0.15, 0.2) is 121 Å². The van der Waals surface area contributed by atoms with E-state index in [1.54, 1.807) is 0 Å². The lowest BCUT2D eigenvalue weighted by atomic mass is 9.50. The number of hydrogen-bond donors (Lipinski definition) is 0. The first-order valence-corrected chi connectivity index (χ1v) is 21.1. The summed E-state index contributed by atoms with van der Waals surface area (Å²) in [7, 11) is 0. The number of anilines is 1. The summed E-state index contributed by atoms with van der Waals surface area (Å²) in [4.78, 5) is 2.44. The van der Waals surface area contributed by atoms with Crippen molar-refractivity contribution in [2.45, 2.75) is 77.6 Å². The van der Waals surface area contributed by atoms with Crippen LogP contribution in [0.5, 0.6) is 17.2 Å². The molecule has 2 fully saturated rings. The fraction of sp³-hybridized carbons (Fsp3) is 0.321. The Bertz CT molecular complexity index is 2630. The zero-order valence-corrected chi connectivity index (χ0v) is 34.4. The van der Waals surface area contributed by atoms with Crippen molar-refractivity contribution in [2.24, 2.45) is 10.8 Å². The number of hydrogen-bond acceptors (Lipinski definition) is 5. The standard InChI is InChI=1S/C53H51NO4/c1-33-30-54(31-34(2)57-33)37-22-20-36(21-23-37)52(35-14-8-7-9-15-35)25-24-41-48-47(42-28-45-46(56-32-55-45)29-43(42)49(41)58-52)40-18-11-10-16-38(40)39-17-12-13-19-44(39)53(48)50(3,4)26-27-51(53,5)6/h7-25,28-29,33-34H,26-27,30-32H2,1-6H3. The second-order valence-electron chi connectivity index (χ2n) is 18.6. The largest absolute Gasteiger partial charge is 0.472 e. The molecule has 1 spiro atoms. The predicted octanol–water partition coefficient (Wildman–Crippen LogP) is 12.3. The quantitative estimate of drug-likeness (QED) is 0.179. The average Bonchev–Trinajstić information content (AvgIpc) is 3.73. The van der Waals surface area contributed by atoms with Gasteiger partial charge >= 0.3 is 0 Å². The molecular weight excluding hydrogens is 715 g/mol. The predicted molar refractivity (Wildman–Crippen MR) is 234 cm³/mol. The highest BCUT2D eigenvalue weighted by molar-refractivity contribution is 6.10. The van der Waals surface area contributed by atoms with Gasteiger partial charge in [0.15, 0.2) is 17.1 Å². The Morgan fingerprint density at radius 2 is 1.21 bits per heavy atom. The van der Waals surface area contributed by atoms with Gasteiger partial charge in [0.2, 0.25) is 6.79 Å². The van der Waals surface area contributed by atoms with Crippen LogP contribution in [-0.4, -0.2) is 32.1 Å². The van der Waals surface area contributed by atoms with E-state index in [-0.39, 0.29) is 35.2 Å². The van der Waals surface area contributed by atoms with E-state index in [1.165, 1.54) is 39.1 Å². The van der Waals surface area contributed by atoms with Crippen LogP contribution in [-0.2, 0) is 15.8 Å². The first-order valence-electron chi connectivity index (χ1n) is 21.1. The molecule has 3 heterocycles. The summed E-state index contributed by atoms with van der Waals surface area (Å²) in [5.74, 6) is 2.40. The van der Waals surface area contributed by atoms with Crippen LogP contribution in [0.4, 0.5) is 5.69 Å². The fourth-order valence-corrected chi connectivity index (χ4v) is 12.1. The van der Waals surface area contributed by atoms with Gasteiger partial charge in [0.25, 0.3) is 0 Å². The Labute approximate surface area is 342 Å². The van der Waals surface area contributed by atoms with E-state index in [9.17, 15) is 0 Å². The maximum Gasteiger partial charge on any atom is 0.231 e. The van der Waals surface area contributed by atoms with Gasteiger partial charge in [-0.25, -0.2) is 0 Å². The van der Waals surface area contributed by atoms with Gasteiger partial charge in [0.1, 0.15) is 5.75 Å². The second-order valence-corrected chi connectivity index (χ2v) is 18.6. The monoisotopic (exact) mass is 765 g/mol. The highest BCUT2D eigenvalue weighted by atomic mass is 16.7. The van der Waals surface area contributed by atoms with Gasteiger partial charge < -0.3 is 23.8 Å². The molecule has 6 aromatic rings. The van der Waals surface area contributed by atoms with Crippen molar-refractivity contribution in [3.05, 3.63) is 149 Å². The number of benzene rings is 6. The molecule has 5 nitrogen and oxygen atoms in total. The molecule has 0 radical (unpaired) electrons. The van der Waals surface area contributed by atoms with Crippen molar-refractivity contribution < 1.29 is 18.9 Å². The molecule has 1 saturated carbocycles. The maximum atomic E-state index is 7.89. The zero-order chi connectivity index (χ0) is 39.6. The third-order valence-electron chi connectivity index (χ3n) is 14.4. The van der Waals surface area contributed by atoms with E-state index in [1.807, 2.05) is 0 Å². The molecule has 11 rings (SSSR count). The van der Waals surface area contributed by atoms with Crippen molar-refractivity contribution in [3.8, 4) is 39.5 Å². The summed E-state index contributed by atoms with van der Waals surface area (Å²) < 4.78 is 26.3. The third-order valence-corrected chi connectivity index (χ3v) is 14.4. The van der Waals surface area contributed by atoms with Crippen molar-refractivity contribution in [3.63, 3.8) is 0 Å². The third kappa shape index (κ3) is 4.80. The molecule has 3 atom stereocenters. The topological polar surface area (TPSA) is 40.2 Å². The smallest absolute Gasteiger partial charge is 0.231 e. The van der Waals surface area contributed by atoms with Gasteiger partial charge in [-0.2, -0.15) is 0 Å². The van der Waals surface area contributed by atoms with E-state index in [0.717, 1.165) is 70.6 Å². The Kier molecular flexibility index (Phi) is 7.67. The van der Waals surface area contributed by atoms with Crippen LogP contribution in [0.2, 0.25) is 0 Å². The molecule has 0 bridgehead atoms. The molecule has 292 valence electrons. The van der Waals surface area contributed by atoms with Crippen molar-refractivity contribution >= 4 is 22.5 Å². The minimum absolute atomic E-state index is 0.104. The second kappa shape index (κ2) is 12.5. The van der Waals surface area contributed by atoms with Crippen LogP contribution in [0.25, 0.3) is 39.1 Å². The molecule has 1 saturated heterocycles. The molecule has 58 heavy (non-hydrogen) atoms. The molecular formula is C53H51NO4. The molecule has 0 amide bonds. The van der Waals surface area contributed by atoms with Crippen molar-refractivity contribution in [2.75, 3.05) is 24.8 Å². The van der Waals surface area contributed by atoms with Crippen LogP contribution in [0.1, 0.15) is 82.2 Å². The van der Waals surface area contributed by atoms with Crippen LogP contribution in [0.3, 0.4) is 0 Å². The van der Waals surface area contributed by atoms with Crippen molar-refractivity contribution in [1.29, 1.82) is 0 Å². The molecule has 0 N–H and O–H groups in total. The van der Waals surface area contributed by atoms with Gasteiger partial charge in [-0.15, -0.1) is 0 Å².